The first-order valence-corrected chi connectivity index (χ1v) is 7.61. The Hall–Kier alpha value is -0.790. The molecule has 0 saturated heterocycles. The van der Waals surface area contributed by atoms with Gasteiger partial charge in [0.15, 0.2) is 0 Å². The van der Waals surface area contributed by atoms with E-state index in [0.29, 0.717) is 40.2 Å². The molecule has 0 aliphatic carbocycles. The van der Waals surface area contributed by atoms with Crippen LogP contribution in [0.5, 0.6) is 0 Å². The van der Waals surface area contributed by atoms with Crippen LogP contribution >= 0.6 is 27.5 Å². The molecule has 0 spiro atoms. The zero-order valence-corrected chi connectivity index (χ0v) is 13.3. The van der Waals surface area contributed by atoms with Crippen molar-refractivity contribution in [2.75, 3.05) is 19.1 Å². The van der Waals surface area contributed by atoms with Crippen molar-refractivity contribution in [3.05, 3.63) is 28.2 Å². The predicted octanol–water partition coefficient (Wildman–Crippen LogP) is 4.00. The van der Waals surface area contributed by atoms with Gasteiger partial charge in [-0.05, 0) is 22.0 Å². The maximum Gasteiger partial charge on any atom is 0.261 e. The van der Waals surface area contributed by atoms with Crippen LogP contribution in [-0.2, 0) is 17.7 Å². The smallest absolute Gasteiger partial charge is 0.261 e. The molecule has 0 unspecified atom stereocenters. The lowest BCUT2D eigenvalue weighted by Crippen LogP contribution is -2.13. The third-order valence-corrected chi connectivity index (χ3v) is 3.69. The number of hydrogen-bond acceptors (Lipinski definition) is 2. The van der Waals surface area contributed by atoms with E-state index in [1.807, 2.05) is 4.57 Å². The molecule has 0 amide bonds. The number of rotatable bonds is 7. The maximum absolute atomic E-state index is 13.5. The van der Waals surface area contributed by atoms with Crippen molar-refractivity contribution in [1.82, 2.24) is 9.55 Å². The number of benzene rings is 1. The molecule has 2 rings (SSSR count). The average Bonchev–Trinajstić information content (AvgIpc) is 2.73. The summed E-state index contributed by atoms with van der Waals surface area (Å²) in [6.45, 7) is -0.122. The molecule has 1 aromatic heterocycles. The number of alkyl halides is 3. The van der Waals surface area contributed by atoms with Crippen molar-refractivity contribution in [3.63, 3.8) is 0 Å². The van der Waals surface area contributed by atoms with E-state index >= 15 is 0 Å². The van der Waals surface area contributed by atoms with E-state index < -0.39 is 18.8 Å². The first-order chi connectivity index (χ1) is 10.0. The normalized spacial score (nSPS) is 11.7. The largest absolute Gasteiger partial charge is 0.374 e. The van der Waals surface area contributed by atoms with Gasteiger partial charge in [0.25, 0.3) is 6.43 Å². The molecule has 0 saturated carbocycles. The Morgan fingerprint density at radius 3 is 2.81 bits per heavy atom. The second-order valence-corrected chi connectivity index (χ2v) is 5.57. The van der Waals surface area contributed by atoms with Gasteiger partial charge in [0.05, 0.1) is 22.1 Å². The molecule has 8 heteroatoms. The van der Waals surface area contributed by atoms with E-state index in [9.17, 15) is 13.2 Å². The zero-order chi connectivity index (χ0) is 15.4. The Labute approximate surface area is 133 Å². The highest BCUT2D eigenvalue weighted by molar-refractivity contribution is 9.10. The van der Waals surface area contributed by atoms with Gasteiger partial charge in [-0.1, -0.05) is 0 Å². The summed E-state index contributed by atoms with van der Waals surface area (Å²) in [6, 6.07) is 2.94. The van der Waals surface area contributed by atoms with Crippen molar-refractivity contribution in [2.45, 2.75) is 19.4 Å². The van der Waals surface area contributed by atoms with Gasteiger partial charge < -0.3 is 9.30 Å². The number of aromatic nitrogens is 2. The Morgan fingerprint density at radius 2 is 2.14 bits per heavy atom. The number of ether oxygens (including phenoxy) is 1. The van der Waals surface area contributed by atoms with Gasteiger partial charge in [0.2, 0.25) is 0 Å². The number of aryl methyl sites for hydroxylation is 1. The standard InChI is InChI=1S/C13H13BrClF3N2O/c14-8-5-11-10(6-9(8)16)19-13(1-2-15)20(11)3-4-21-7-12(17)18/h5-6,12H,1-4,7H2. The van der Waals surface area contributed by atoms with Crippen LogP contribution in [0.15, 0.2) is 16.6 Å². The molecular formula is C13H13BrClF3N2O. The molecule has 0 bridgehead atoms. The molecule has 0 radical (unpaired) electrons. The highest BCUT2D eigenvalue weighted by Crippen LogP contribution is 2.24. The second-order valence-electron chi connectivity index (χ2n) is 4.34. The Bertz CT molecular complexity index is 621. The SMILES string of the molecule is Fc1cc2nc(CCCl)n(CCOCC(F)F)c2cc1Br. The van der Waals surface area contributed by atoms with Crippen LogP contribution in [0, 0.1) is 5.82 Å². The van der Waals surface area contributed by atoms with Crippen molar-refractivity contribution in [1.29, 1.82) is 0 Å². The molecule has 21 heavy (non-hydrogen) atoms. The quantitative estimate of drug-likeness (QED) is 0.532. The molecule has 0 atom stereocenters. The first kappa shape index (κ1) is 16.6. The van der Waals surface area contributed by atoms with E-state index in [1.54, 1.807) is 6.07 Å². The van der Waals surface area contributed by atoms with Gasteiger partial charge in [-0.15, -0.1) is 11.6 Å². The van der Waals surface area contributed by atoms with Crippen LogP contribution in [0.2, 0.25) is 0 Å². The lowest BCUT2D eigenvalue weighted by molar-refractivity contribution is 0.0148. The van der Waals surface area contributed by atoms with Crippen molar-refractivity contribution < 1.29 is 17.9 Å². The molecule has 0 fully saturated rings. The van der Waals surface area contributed by atoms with E-state index in [0.717, 1.165) is 0 Å². The summed E-state index contributed by atoms with van der Waals surface area (Å²) in [5.41, 5.74) is 1.22. The van der Waals surface area contributed by atoms with E-state index in [-0.39, 0.29) is 6.61 Å². The molecule has 3 nitrogen and oxygen atoms in total. The van der Waals surface area contributed by atoms with Crippen molar-refractivity contribution in [2.24, 2.45) is 0 Å². The molecular weight excluding hydrogens is 373 g/mol. The third-order valence-electron chi connectivity index (χ3n) is 2.89. The average molecular weight is 386 g/mol. The minimum absolute atomic E-state index is 0.125. The fourth-order valence-corrected chi connectivity index (χ4v) is 2.52. The van der Waals surface area contributed by atoms with E-state index in [4.69, 9.17) is 16.3 Å². The number of fused-ring (bicyclic) bond motifs is 1. The number of hydrogen-bond donors (Lipinski definition) is 0. The Kier molecular flexibility index (Phi) is 5.89. The zero-order valence-electron chi connectivity index (χ0n) is 11.0. The molecule has 116 valence electrons. The molecule has 2 aromatic rings. The van der Waals surface area contributed by atoms with Crippen molar-refractivity contribution in [3.8, 4) is 0 Å². The summed E-state index contributed by atoms with van der Waals surface area (Å²) in [7, 11) is 0. The fraction of sp³-hybridized carbons (Fsp3) is 0.462. The highest BCUT2D eigenvalue weighted by atomic mass is 79.9. The summed E-state index contributed by atoms with van der Waals surface area (Å²) in [6.07, 6.45) is -1.99. The van der Waals surface area contributed by atoms with Crippen LogP contribution in [0.3, 0.4) is 0 Å². The molecule has 0 aliphatic rings. The number of imidazole rings is 1. The Balaban J connectivity index is 2.25. The first-order valence-electron chi connectivity index (χ1n) is 6.29. The summed E-state index contributed by atoms with van der Waals surface area (Å²) in [4.78, 5) is 4.33. The summed E-state index contributed by atoms with van der Waals surface area (Å²) in [5, 5.41) is 0. The van der Waals surface area contributed by atoms with Crippen LogP contribution in [-0.4, -0.2) is 35.1 Å². The molecule has 0 N–H and O–H groups in total. The van der Waals surface area contributed by atoms with Gasteiger partial charge >= 0.3 is 0 Å². The summed E-state index contributed by atoms with van der Waals surface area (Å²) in [5.74, 6) is 0.641. The van der Waals surface area contributed by atoms with Crippen molar-refractivity contribution >= 4 is 38.6 Å². The number of nitrogens with zero attached hydrogens (tertiary/aromatic N) is 2. The lowest BCUT2D eigenvalue weighted by atomic mass is 10.3. The van der Waals surface area contributed by atoms with Crippen LogP contribution in [0.25, 0.3) is 11.0 Å². The second kappa shape index (κ2) is 7.47. The van der Waals surface area contributed by atoms with E-state index in [2.05, 4.69) is 20.9 Å². The van der Waals surface area contributed by atoms with Crippen LogP contribution < -0.4 is 0 Å². The Morgan fingerprint density at radius 1 is 1.38 bits per heavy atom. The van der Waals surface area contributed by atoms with Crippen LogP contribution in [0.1, 0.15) is 5.82 Å². The predicted molar refractivity (Wildman–Crippen MR) is 78.6 cm³/mol. The van der Waals surface area contributed by atoms with Gasteiger partial charge in [-0.2, -0.15) is 0 Å². The minimum atomic E-state index is -2.49. The monoisotopic (exact) mass is 384 g/mol. The third kappa shape index (κ3) is 4.11. The van der Waals surface area contributed by atoms with Gasteiger partial charge in [0, 0.05) is 24.9 Å². The fourth-order valence-electron chi connectivity index (χ4n) is 2.02. The molecule has 0 aliphatic heterocycles. The minimum Gasteiger partial charge on any atom is -0.374 e. The lowest BCUT2D eigenvalue weighted by Gasteiger charge is -2.09. The van der Waals surface area contributed by atoms with Gasteiger partial charge in [-0.3, -0.25) is 0 Å². The number of halogens is 5. The van der Waals surface area contributed by atoms with Gasteiger partial charge in [-0.25, -0.2) is 18.2 Å². The summed E-state index contributed by atoms with van der Waals surface area (Å²) < 4.78 is 44.6. The van der Waals surface area contributed by atoms with Crippen LogP contribution in [0.4, 0.5) is 13.2 Å². The van der Waals surface area contributed by atoms with Gasteiger partial charge in [0.1, 0.15) is 18.2 Å². The topological polar surface area (TPSA) is 27.1 Å². The highest BCUT2D eigenvalue weighted by Gasteiger charge is 2.13. The van der Waals surface area contributed by atoms with E-state index in [1.165, 1.54) is 6.07 Å². The maximum atomic E-state index is 13.5. The molecule has 1 heterocycles. The summed E-state index contributed by atoms with van der Waals surface area (Å²) >= 11 is 8.86. The molecule has 1 aromatic carbocycles.